The minimum Gasteiger partial charge on any atom is -0.493 e. The molecule has 2 fully saturated rings. The van der Waals surface area contributed by atoms with Crippen molar-refractivity contribution in [2.75, 3.05) is 39.5 Å². The Labute approximate surface area is 168 Å². The molecule has 28 heavy (non-hydrogen) atoms. The van der Waals surface area contributed by atoms with Crippen LogP contribution in [0, 0.1) is 5.92 Å². The zero-order valence-electron chi connectivity index (χ0n) is 16.6. The highest BCUT2D eigenvalue weighted by molar-refractivity contribution is 5.39. The Kier molecular flexibility index (Phi) is 5.34. The number of piperidine rings is 1. The third-order valence-corrected chi connectivity index (χ3v) is 6.49. The van der Waals surface area contributed by atoms with Crippen LogP contribution in [0.15, 0.2) is 48.5 Å². The van der Waals surface area contributed by atoms with Crippen LogP contribution in [0.25, 0.3) is 0 Å². The van der Waals surface area contributed by atoms with Crippen molar-refractivity contribution < 1.29 is 9.47 Å². The molecule has 0 aromatic heterocycles. The number of fused-ring (bicyclic) bond motifs is 2. The quantitative estimate of drug-likeness (QED) is 0.815. The van der Waals surface area contributed by atoms with Gasteiger partial charge in [0.25, 0.3) is 0 Å². The fourth-order valence-electron chi connectivity index (χ4n) is 5.08. The molecule has 0 amide bonds. The summed E-state index contributed by atoms with van der Waals surface area (Å²) in [7, 11) is 0. The molecular formula is C24H30N2O2. The molecular weight excluding hydrogens is 348 g/mol. The summed E-state index contributed by atoms with van der Waals surface area (Å²) in [6, 6.07) is 18.2. The maximum absolute atomic E-state index is 6.01. The molecule has 0 aliphatic carbocycles. The van der Waals surface area contributed by atoms with Crippen molar-refractivity contribution in [3.05, 3.63) is 65.2 Å². The predicted molar refractivity (Wildman–Crippen MR) is 110 cm³/mol. The van der Waals surface area contributed by atoms with E-state index in [1.165, 1.54) is 29.7 Å². The lowest BCUT2D eigenvalue weighted by atomic mass is 9.90. The van der Waals surface area contributed by atoms with Gasteiger partial charge in [0.15, 0.2) is 0 Å². The third kappa shape index (κ3) is 3.95. The molecule has 5 rings (SSSR count). The van der Waals surface area contributed by atoms with Gasteiger partial charge in [-0.3, -0.25) is 9.80 Å². The van der Waals surface area contributed by atoms with Crippen molar-refractivity contribution in [1.82, 2.24) is 9.80 Å². The topological polar surface area (TPSA) is 24.9 Å². The molecule has 3 aliphatic heterocycles. The number of ether oxygens (including phenoxy) is 2. The highest BCUT2D eigenvalue weighted by Gasteiger charge is 2.35. The van der Waals surface area contributed by atoms with Crippen LogP contribution in [-0.2, 0) is 24.2 Å². The number of nitrogens with zero attached hydrogens (tertiary/aromatic N) is 2. The van der Waals surface area contributed by atoms with Gasteiger partial charge in [0.1, 0.15) is 5.75 Å². The number of hydrogen-bond donors (Lipinski definition) is 0. The predicted octanol–water partition coefficient (Wildman–Crippen LogP) is 3.34. The van der Waals surface area contributed by atoms with E-state index in [4.69, 9.17) is 9.47 Å². The van der Waals surface area contributed by atoms with Gasteiger partial charge < -0.3 is 9.47 Å². The lowest BCUT2D eigenvalue weighted by Crippen LogP contribution is -2.50. The molecule has 148 valence electrons. The third-order valence-electron chi connectivity index (χ3n) is 6.49. The first-order valence-electron chi connectivity index (χ1n) is 10.7. The van der Waals surface area contributed by atoms with E-state index in [1.807, 2.05) is 0 Å². The van der Waals surface area contributed by atoms with E-state index < -0.39 is 0 Å². The van der Waals surface area contributed by atoms with Gasteiger partial charge in [-0.1, -0.05) is 42.5 Å². The van der Waals surface area contributed by atoms with Crippen molar-refractivity contribution in [2.45, 2.75) is 32.0 Å². The smallest absolute Gasteiger partial charge is 0.122 e. The first-order chi connectivity index (χ1) is 13.8. The molecule has 3 heterocycles. The molecule has 4 nitrogen and oxygen atoms in total. The zero-order valence-corrected chi connectivity index (χ0v) is 16.6. The van der Waals surface area contributed by atoms with Crippen LogP contribution >= 0.6 is 0 Å². The van der Waals surface area contributed by atoms with Crippen molar-refractivity contribution >= 4 is 0 Å². The molecule has 0 saturated carbocycles. The minimum absolute atomic E-state index is 0.595. The molecule has 0 radical (unpaired) electrons. The zero-order chi connectivity index (χ0) is 18.8. The standard InChI is InChI=1S/C24H30N2O2/c1-2-4-19(5-3-1)16-26-11-13-27-18-22-17-25(10-8-23(22)26)15-20-6-7-24-21(14-20)9-12-28-24/h1-7,14,22-23H,8-13,15-18H2/t22-,23-/m1/s1. The summed E-state index contributed by atoms with van der Waals surface area (Å²) < 4.78 is 11.7. The summed E-state index contributed by atoms with van der Waals surface area (Å²) in [5, 5.41) is 0. The van der Waals surface area contributed by atoms with E-state index in [0.29, 0.717) is 12.0 Å². The lowest BCUT2D eigenvalue weighted by molar-refractivity contribution is 0.0439. The van der Waals surface area contributed by atoms with Crippen molar-refractivity contribution in [2.24, 2.45) is 5.92 Å². The Bertz CT molecular complexity index is 794. The van der Waals surface area contributed by atoms with Gasteiger partial charge in [-0.25, -0.2) is 0 Å². The van der Waals surface area contributed by atoms with E-state index >= 15 is 0 Å². The summed E-state index contributed by atoms with van der Waals surface area (Å²) in [5.74, 6) is 1.67. The van der Waals surface area contributed by atoms with E-state index in [9.17, 15) is 0 Å². The summed E-state index contributed by atoms with van der Waals surface area (Å²) in [6.07, 6.45) is 2.28. The molecule has 2 saturated heterocycles. The van der Waals surface area contributed by atoms with Crippen molar-refractivity contribution in [3.8, 4) is 5.75 Å². The van der Waals surface area contributed by atoms with Crippen LogP contribution in [0.2, 0.25) is 0 Å². The summed E-state index contributed by atoms with van der Waals surface area (Å²) in [4.78, 5) is 5.28. The fourth-order valence-corrected chi connectivity index (χ4v) is 5.08. The number of rotatable bonds is 4. The van der Waals surface area contributed by atoms with Gasteiger partial charge >= 0.3 is 0 Å². The highest BCUT2D eigenvalue weighted by atomic mass is 16.5. The largest absolute Gasteiger partial charge is 0.493 e. The Morgan fingerprint density at radius 1 is 0.929 bits per heavy atom. The van der Waals surface area contributed by atoms with Crippen LogP contribution in [-0.4, -0.2) is 55.3 Å². The maximum atomic E-state index is 6.01. The van der Waals surface area contributed by atoms with Gasteiger partial charge in [-0.15, -0.1) is 0 Å². The maximum Gasteiger partial charge on any atom is 0.122 e. The van der Waals surface area contributed by atoms with E-state index in [1.54, 1.807) is 0 Å². The second-order valence-corrected chi connectivity index (χ2v) is 8.42. The molecule has 2 aromatic rings. The van der Waals surface area contributed by atoms with Gasteiger partial charge in [0.2, 0.25) is 0 Å². The first-order valence-corrected chi connectivity index (χ1v) is 10.7. The summed E-state index contributed by atoms with van der Waals surface area (Å²) in [6.45, 7) is 7.99. The fraction of sp³-hybridized carbons (Fsp3) is 0.500. The molecule has 0 N–H and O–H groups in total. The Balaban J connectivity index is 1.24. The Morgan fingerprint density at radius 2 is 1.86 bits per heavy atom. The molecule has 2 atom stereocenters. The van der Waals surface area contributed by atoms with Crippen LogP contribution in [0.5, 0.6) is 5.75 Å². The molecule has 0 unspecified atom stereocenters. The van der Waals surface area contributed by atoms with Crippen LogP contribution in [0.3, 0.4) is 0 Å². The van der Waals surface area contributed by atoms with E-state index in [-0.39, 0.29) is 0 Å². The molecule has 0 spiro atoms. The van der Waals surface area contributed by atoms with Crippen LogP contribution in [0.4, 0.5) is 0 Å². The highest BCUT2D eigenvalue weighted by Crippen LogP contribution is 2.29. The van der Waals surface area contributed by atoms with Gasteiger partial charge in [0.05, 0.1) is 19.8 Å². The van der Waals surface area contributed by atoms with Gasteiger partial charge in [-0.05, 0) is 35.7 Å². The Morgan fingerprint density at radius 3 is 2.79 bits per heavy atom. The minimum atomic E-state index is 0.595. The number of benzene rings is 2. The monoisotopic (exact) mass is 378 g/mol. The van der Waals surface area contributed by atoms with Gasteiger partial charge in [-0.2, -0.15) is 0 Å². The second kappa shape index (κ2) is 8.24. The van der Waals surface area contributed by atoms with E-state index in [2.05, 4.69) is 58.3 Å². The second-order valence-electron chi connectivity index (χ2n) is 8.42. The summed E-state index contributed by atoms with van der Waals surface area (Å²) in [5.41, 5.74) is 4.20. The SMILES string of the molecule is c1ccc(CN2CCOC[C@H]3CN(Cc4ccc5c(c4)CCO5)CC[C@H]32)cc1. The molecule has 3 aliphatic rings. The average molecular weight is 379 g/mol. The first kappa shape index (κ1) is 18.2. The summed E-state index contributed by atoms with van der Waals surface area (Å²) >= 11 is 0. The molecule has 0 bridgehead atoms. The average Bonchev–Trinajstić information content (AvgIpc) is 3.10. The van der Waals surface area contributed by atoms with Gasteiger partial charge in [0, 0.05) is 44.6 Å². The molecule has 4 heteroatoms. The molecule has 2 aromatic carbocycles. The number of hydrogen-bond acceptors (Lipinski definition) is 4. The van der Waals surface area contributed by atoms with Crippen LogP contribution < -0.4 is 4.74 Å². The lowest BCUT2D eigenvalue weighted by Gasteiger charge is -2.42. The van der Waals surface area contributed by atoms with Crippen LogP contribution in [0.1, 0.15) is 23.1 Å². The Hall–Kier alpha value is -1.88. The van der Waals surface area contributed by atoms with Crippen molar-refractivity contribution in [3.63, 3.8) is 0 Å². The van der Waals surface area contributed by atoms with Crippen molar-refractivity contribution in [1.29, 1.82) is 0 Å². The number of likely N-dealkylation sites (tertiary alicyclic amines) is 1. The van der Waals surface area contributed by atoms with E-state index in [0.717, 1.165) is 58.2 Å². The normalized spacial score (nSPS) is 25.6.